The fraction of sp³-hybridized carbons (Fsp3) is 0.118. The molecule has 3 rings (SSSR count). The van der Waals surface area contributed by atoms with E-state index in [4.69, 9.17) is 28.3 Å². The molecule has 1 aromatic heterocycles. The van der Waals surface area contributed by atoms with E-state index in [-0.39, 0.29) is 31.9 Å². The molecule has 0 unspecified atom stereocenters. The minimum absolute atomic E-state index is 0.0307. The Labute approximate surface area is 173 Å². The lowest BCUT2D eigenvalue weighted by atomic mass is 10.1. The smallest absolute Gasteiger partial charge is 0.392 e. The Bertz CT molecular complexity index is 1190. The number of hydrogen-bond acceptors (Lipinski definition) is 4. The van der Waals surface area contributed by atoms with E-state index < -0.39 is 28.5 Å². The average Bonchev–Trinajstić information content (AvgIpc) is 3.08. The van der Waals surface area contributed by atoms with Crippen molar-refractivity contribution in [3.8, 4) is 16.9 Å². The van der Waals surface area contributed by atoms with Crippen LogP contribution < -0.4 is 5.14 Å². The topological polar surface area (TPSA) is 98.2 Å². The van der Waals surface area contributed by atoms with Crippen LogP contribution in [-0.4, -0.2) is 23.3 Å². The van der Waals surface area contributed by atoms with Gasteiger partial charge < -0.3 is 5.11 Å². The van der Waals surface area contributed by atoms with Crippen LogP contribution in [0.25, 0.3) is 16.9 Å². The highest BCUT2D eigenvalue weighted by atomic mass is 35.5. The summed E-state index contributed by atoms with van der Waals surface area (Å²) in [6.45, 7) is -0.699. The van der Waals surface area contributed by atoms with Crippen LogP contribution in [0.3, 0.4) is 0 Å². The second-order valence-corrected chi connectivity index (χ2v) is 8.29. The molecule has 29 heavy (non-hydrogen) atoms. The van der Waals surface area contributed by atoms with Gasteiger partial charge in [-0.05, 0) is 42.0 Å². The first-order valence-corrected chi connectivity index (χ1v) is 10.1. The summed E-state index contributed by atoms with van der Waals surface area (Å²) in [6, 6.07) is 8.60. The summed E-state index contributed by atoms with van der Waals surface area (Å²) in [5.74, 6) is 0. The molecule has 0 atom stereocenters. The van der Waals surface area contributed by atoms with Gasteiger partial charge in [0.1, 0.15) is 0 Å². The number of hydrogen-bond donors (Lipinski definition) is 2. The van der Waals surface area contributed by atoms with E-state index in [0.717, 1.165) is 16.8 Å². The highest BCUT2D eigenvalue weighted by Crippen LogP contribution is 2.35. The van der Waals surface area contributed by atoms with Crippen LogP contribution in [0.2, 0.25) is 10.0 Å². The Balaban J connectivity index is 2.26. The van der Waals surface area contributed by atoms with Crippen molar-refractivity contribution in [1.29, 1.82) is 0 Å². The molecule has 0 saturated carbocycles. The first-order valence-electron chi connectivity index (χ1n) is 7.81. The van der Waals surface area contributed by atoms with Gasteiger partial charge in [-0.1, -0.05) is 29.3 Å². The zero-order chi connectivity index (χ0) is 21.6. The second kappa shape index (κ2) is 7.62. The largest absolute Gasteiger partial charge is 0.435 e. The molecular weight excluding hydrogens is 454 g/mol. The molecule has 0 fully saturated rings. The summed E-state index contributed by atoms with van der Waals surface area (Å²) in [5, 5.41) is 18.5. The minimum atomic E-state index is -4.73. The fourth-order valence-corrected chi connectivity index (χ4v) is 3.72. The highest BCUT2D eigenvalue weighted by Gasteiger charge is 2.35. The maximum Gasteiger partial charge on any atom is 0.435 e. The third-order valence-corrected chi connectivity index (χ3v) is 5.73. The van der Waals surface area contributed by atoms with Crippen molar-refractivity contribution in [1.82, 2.24) is 9.78 Å². The van der Waals surface area contributed by atoms with E-state index >= 15 is 0 Å². The number of aliphatic hydroxyl groups excluding tert-OH is 1. The van der Waals surface area contributed by atoms with Crippen molar-refractivity contribution in [3.05, 3.63) is 63.8 Å². The number of nitrogens with zero attached hydrogens (tertiary/aromatic N) is 2. The Hall–Kier alpha value is -2.11. The molecule has 0 aliphatic rings. The molecule has 3 aromatic rings. The van der Waals surface area contributed by atoms with Crippen LogP contribution in [0.15, 0.2) is 47.4 Å². The SMILES string of the molecule is NS(=O)(=O)c1ccc(-n2nc(C(F)(F)F)cc2-c2ccc(Cl)c(Cl)c2)cc1CO. The number of aromatic nitrogens is 2. The van der Waals surface area contributed by atoms with Crippen molar-refractivity contribution in [2.75, 3.05) is 0 Å². The number of benzene rings is 2. The van der Waals surface area contributed by atoms with Crippen LogP contribution in [0.4, 0.5) is 13.2 Å². The molecule has 12 heteroatoms. The van der Waals surface area contributed by atoms with Crippen molar-refractivity contribution in [3.63, 3.8) is 0 Å². The number of nitrogens with two attached hydrogens (primary N) is 1. The first-order chi connectivity index (χ1) is 13.4. The summed E-state index contributed by atoms with van der Waals surface area (Å²) < 4.78 is 64.0. The number of alkyl halides is 3. The molecule has 154 valence electrons. The summed E-state index contributed by atoms with van der Waals surface area (Å²) >= 11 is 11.9. The Morgan fingerprint density at radius 1 is 1.07 bits per heavy atom. The van der Waals surface area contributed by atoms with Gasteiger partial charge in [0.25, 0.3) is 0 Å². The van der Waals surface area contributed by atoms with Crippen LogP contribution >= 0.6 is 23.2 Å². The average molecular weight is 466 g/mol. The quantitative estimate of drug-likeness (QED) is 0.608. The molecule has 0 aliphatic heterocycles. The maximum absolute atomic E-state index is 13.3. The van der Waals surface area contributed by atoms with Gasteiger partial charge in [0, 0.05) is 5.56 Å². The van der Waals surface area contributed by atoms with E-state index in [0.29, 0.717) is 5.56 Å². The summed E-state index contributed by atoms with van der Waals surface area (Å²) in [6.07, 6.45) is -4.73. The third kappa shape index (κ3) is 4.41. The molecule has 0 spiro atoms. The van der Waals surface area contributed by atoms with Gasteiger partial charge in [-0.15, -0.1) is 0 Å². The van der Waals surface area contributed by atoms with Crippen molar-refractivity contribution < 1.29 is 26.7 Å². The zero-order valence-corrected chi connectivity index (χ0v) is 16.6. The Morgan fingerprint density at radius 3 is 2.31 bits per heavy atom. The van der Waals surface area contributed by atoms with E-state index in [1.807, 2.05) is 0 Å². The van der Waals surface area contributed by atoms with Crippen molar-refractivity contribution in [2.45, 2.75) is 17.7 Å². The lowest BCUT2D eigenvalue weighted by Gasteiger charge is -2.12. The predicted molar refractivity (Wildman–Crippen MR) is 101 cm³/mol. The molecule has 1 heterocycles. The molecule has 0 bridgehead atoms. The number of primary sulfonamides is 1. The van der Waals surface area contributed by atoms with Gasteiger partial charge in [0.15, 0.2) is 5.69 Å². The van der Waals surface area contributed by atoms with E-state index in [1.54, 1.807) is 0 Å². The maximum atomic E-state index is 13.3. The second-order valence-electron chi connectivity index (χ2n) is 5.95. The monoisotopic (exact) mass is 465 g/mol. The lowest BCUT2D eigenvalue weighted by Crippen LogP contribution is -2.15. The van der Waals surface area contributed by atoms with Crippen LogP contribution in [0, 0.1) is 0 Å². The van der Waals surface area contributed by atoms with Crippen molar-refractivity contribution in [2.24, 2.45) is 5.14 Å². The van der Waals surface area contributed by atoms with Gasteiger partial charge in [-0.25, -0.2) is 18.2 Å². The summed E-state index contributed by atoms with van der Waals surface area (Å²) in [5.41, 5.74) is -0.849. The molecule has 3 N–H and O–H groups in total. The van der Waals surface area contributed by atoms with Gasteiger partial charge in [-0.2, -0.15) is 18.3 Å². The number of halogens is 5. The van der Waals surface area contributed by atoms with Gasteiger partial charge >= 0.3 is 6.18 Å². The minimum Gasteiger partial charge on any atom is -0.392 e. The molecule has 6 nitrogen and oxygen atoms in total. The highest BCUT2D eigenvalue weighted by molar-refractivity contribution is 7.89. The fourth-order valence-electron chi connectivity index (χ4n) is 2.68. The third-order valence-electron chi connectivity index (χ3n) is 3.98. The van der Waals surface area contributed by atoms with Crippen molar-refractivity contribution >= 4 is 33.2 Å². The molecule has 2 aromatic carbocycles. The van der Waals surface area contributed by atoms with Crippen LogP contribution in [-0.2, 0) is 22.8 Å². The standard InChI is InChI=1S/C17H12Cl2F3N3O3S/c18-12-3-1-9(6-13(12)19)14-7-16(17(20,21)22)24-25(14)11-2-4-15(29(23,27)28)10(5-11)8-26/h1-7,26H,8H2,(H2,23,27,28). The Kier molecular flexibility index (Phi) is 5.67. The zero-order valence-electron chi connectivity index (χ0n) is 14.3. The summed E-state index contributed by atoms with van der Waals surface area (Å²) in [7, 11) is -4.14. The van der Waals surface area contributed by atoms with Gasteiger partial charge in [0.2, 0.25) is 10.0 Å². The Morgan fingerprint density at radius 2 is 1.76 bits per heavy atom. The molecular formula is C17H12Cl2F3N3O3S. The van der Waals surface area contributed by atoms with Gasteiger partial charge in [-0.3, -0.25) is 0 Å². The lowest BCUT2D eigenvalue weighted by molar-refractivity contribution is -0.141. The van der Waals surface area contributed by atoms with E-state index in [2.05, 4.69) is 5.10 Å². The van der Waals surface area contributed by atoms with E-state index in [9.17, 15) is 26.7 Å². The normalized spacial score (nSPS) is 12.4. The molecule has 0 amide bonds. The number of rotatable bonds is 4. The van der Waals surface area contributed by atoms with Gasteiger partial charge in [0.05, 0.1) is 32.9 Å². The first kappa shape index (κ1) is 21.6. The molecule has 0 saturated heterocycles. The molecule has 0 aliphatic carbocycles. The number of aliphatic hydroxyl groups is 1. The number of sulfonamides is 1. The molecule has 0 radical (unpaired) electrons. The summed E-state index contributed by atoms with van der Waals surface area (Å²) in [4.78, 5) is -0.344. The van der Waals surface area contributed by atoms with E-state index in [1.165, 1.54) is 30.3 Å². The van der Waals surface area contributed by atoms with Crippen LogP contribution in [0.5, 0.6) is 0 Å². The van der Waals surface area contributed by atoms with Crippen LogP contribution in [0.1, 0.15) is 11.3 Å². The predicted octanol–water partition coefficient (Wildman–Crippen LogP) is 4.00.